The minimum absolute atomic E-state index is 0.0666. The SMILES string of the molecule is C[C@@H](Cc1ccc(NC(=O)[C@H]2CCS(=O)(=O)C2)cc1)C(=O)O. The first-order valence-corrected chi connectivity index (χ1v) is 8.92. The van der Waals surface area contributed by atoms with Crippen molar-refractivity contribution in [2.45, 2.75) is 19.8 Å². The molecule has 2 N–H and O–H groups in total. The van der Waals surface area contributed by atoms with Gasteiger partial charge in [0.05, 0.1) is 23.3 Å². The van der Waals surface area contributed by atoms with Gasteiger partial charge in [0.1, 0.15) is 0 Å². The molecule has 22 heavy (non-hydrogen) atoms. The minimum atomic E-state index is -3.08. The molecule has 0 aliphatic carbocycles. The molecule has 0 saturated carbocycles. The summed E-state index contributed by atoms with van der Waals surface area (Å²) in [5.41, 5.74) is 1.46. The van der Waals surface area contributed by atoms with Crippen LogP contribution in [0.25, 0.3) is 0 Å². The van der Waals surface area contributed by atoms with Crippen molar-refractivity contribution in [3.05, 3.63) is 29.8 Å². The third-order valence-corrected chi connectivity index (χ3v) is 5.56. The fourth-order valence-electron chi connectivity index (χ4n) is 2.41. The van der Waals surface area contributed by atoms with E-state index in [0.29, 0.717) is 18.5 Å². The van der Waals surface area contributed by atoms with Crippen LogP contribution in [0.1, 0.15) is 18.9 Å². The van der Waals surface area contributed by atoms with Crippen molar-refractivity contribution in [2.75, 3.05) is 16.8 Å². The fraction of sp³-hybridized carbons (Fsp3) is 0.467. The van der Waals surface area contributed by atoms with Gasteiger partial charge < -0.3 is 10.4 Å². The minimum Gasteiger partial charge on any atom is -0.481 e. The summed E-state index contributed by atoms with van der Waals surface area (Å²) in [7, 11) is -3.08. The lowest BCUT2D eigenvalue weighted by molar-refractivity contribution is -0.141. The molecule has 7 heteroatoms. The number of carbonyl (C=O) groups is 2. The van der Waals surface area contributed by atoms with Gasteiger partial charge in [-0.15, -0.1) is 0 Å². The maximum Gasteiger partial charge on any atom is 0.306 e. The van der Waals surface area contributed by atoms with E-state index in [4.69, 9.17) is 5.11 Å². The number of nitrogens with one attached hydrogen (secondary N) is 1. The number of carboxylic acids is 1. The maximum absolute atomic E-state index is 12.0. The van der Waals surface area contributed by atoms with E-state index in [0.717, 1.165) is 5.56 Å². The first kappa shape index (κ1) is 16.5. The molecule has 0 bridgehead atoms. The number of rotatable bonds is 5. The molecule has 1 heterocycles. The van der Waals surface area contributed by atoms with Crippen molar-refractivity contribution in [3.63, 3.8) is 0 Å². The normalized spacial score (nSPS) is 21.2. The third-order valence-electron chi connectivity index (χ3n) is 3.79. The van der Waals surface area contributed by atoms with E-state index in [1.165, 1.54) is 0 Å². The molecule has 1 aliphatic heterocycles. The zero-order valence-electron chi connectivity index (χ0n) is 12.3. The quantitative estimate of drug-likeness (QED) is 0.850. The molecule has 1 saturated heterocycles. The molecule has 1 aromatic carbocycles. The first-order chi connectivity index (χ1) is 10.3. The van der Waals surface area contributed by atoms with Gasteiger partial charge in [-0.25, -0.2) is 8.42 Å². The number of carbonyl (C=O) groups excluding carboxylic acids is 1. The molecule has 1 aromatic rings. The van der Waals surface area contributed by atoms with E-state index < -0.39 is 27.6 Å². The Morgan fingerprint density at radius 2 is 1.95 bits per heavy atom. The van der Waals surface area contributed by atoms with E-state index in [9.17, 15) is 18.0 Å². The second-order valence-corrected chi connectivity index (χ2v) is 7.96. The van der Waals surface area contributed by atoms with Gasteiger partial charge in [-0.05, 0) is 30.5 Å². The highest BCUT2D eigenvalue weighted by molar-refractivity contribution is 7.91. The number of carboxylic acid groups (broad SMARTS) is 1. The molecule has 0 radical (unpaired) electrons. The fourth-order valence-corrected chi connectivity index (χ4v) is 4.15. The van der Waals surface area contributed by atoms with Crippen molar-refractivity contribution >= 4 is 27.4 Å². The van der Waals surface area contributed by atoms with Crippen LogP contribution in [-0.4, -0.2) is 36.9 Å². The highest BCUT2D eigenvalue weighted by Gasteiger charge is 2.32. The lowest BCUT2D eigenvalue weighted by Gasteiger charge is -2.11. The highest BCUT2D eigenvalue weighted by Crippen LogP contribution is 2.21. The highest BCUT2D eigenvalue weighted by atomic mass is 32.2. The molecule has 2 atom stereocenters. The summed E-state index contributed by atoms with van der Waals surface area (Å²) in [6.07, 6.45) is 0.785. The summed E-state index contributed by atoms with van der Waals surface area (Å²) in [5.74, 6) is -2.11. The van der Waals surface area contributed by atoms with Crippen molar-refractivity contribution in [2.24, 2.45) is 11.8 Å². The molecule has 0 unspecified atom stereocenters. The standard InChI is InChI=1S/C15H19NO5S/c1-10(15(18)19)8-11-2-4-13(5-3-11)16-14(17)12-6-7-22(20,21)9-12/h2-5,10,12H,6-9H2,1H3,(H,16,17)(H,18,19)/t10-,12-/m0/s1. The number of amides is 1. The topological polar surface area (TPSA) is 101 Å². The third kappa shape index (κ3) is 4.30. The lowest BCUT2D eigenvalue weighted by Crippen LogP contribution is -2.23. The van der Waals surface area contributed by atoms with Crippen molar-refractivity contribution in [1.82, 2.24) is 0 Å². The summed E-state index contributed by atoms with van der Waals surface area (Å²) in [5, 5.41) is 11.6. The molecule has 120 valence electrons. The Balaban J connectivity index is 1.94. The van der Waals surface area contributed by atoms with Gasteiger partial charge >= 0.3 is 5.97 Å². The van der Waals surface area contributed by atoms with Crippen LogP contribution >= 0.6 is 0 Å². The Bertz CT molecular complexity index is 666. The van der Waals surface area contributed by atoms with Gasteiger partial charge in [0.2, 0.25) is 5.91 Å². The first-order valence-electron chi connectivity index (χ1n) is 7.10. The number of anilines is 1. The number of benzene rings is 1. The number of hydrogen-bond acceptors (Lipinski definition) is 4. The van der Waals surface area contributed by atoms with Gasteiger partial charge in [-0.1, -0.05) is 19.1 Å². The van der Waals surface area contributed by atoms with E-state index in [1.54, 1.807) is 31.2 Å². The van der Waals surface area contributed by atoms with Crippen molar-refractivity contribution in [3.8, 4) is 0 Å². The van der Waals surface area contributed by atoms with Crippen LogP contribution in [0.2, 0.25) is 0 Å². The van der Waals surface area contributed by atoms with E-state index in [2.05, 4.69) is 5.32 Å². The van der Waals surface area contributed by atoms with Crippen LogP contribution in [0.5, 0.6) is 0 Å². The molecule has 6 nitrogen and oxygen atoms in total. The van der Waals surface area contributed by atoms with Crippen LogP contribution < -0.4 is 5.32 Å². The van der Waals surface area contributed by atoms with Crippen LogP contribution in [0.15, 0.2) is 24.3 Å². The number of aliphatic carboxylic acids is 1. The zero-order valence-corrected chi connectivity index (χ0v) is 13.1. The summed E-state index contributed by atoms with van der Waals surface area (Å²) in [6.45, 7) is 1.64. The average molecular weight is 325 g/mol. The van der Waals surface area contributed by atoms with E-state index >= 15 is 0 Å². The van der Waals surface area contributed by atoms with Crippen LogP contribution in [0, 0.1) is 11.8 Å². The maximum atomic E-state index is 12.0. The average Bonchev–Trinajstić information content (AvgIpc) is 2.81. The predicted octanol–water partition coefficient (Wildman–Crippen LogP) is 1.32. The summed E-state index contributed by atoms with van der Waals surface area (Å²) in [6, 6.07) is 6.93. The lowest BCUT2D eigenvalue weighted by atomic mass is 10.0. The van der Waals surface area contributed by atoms with E-state index in [-0.39, 0.29) is 17.4 Å². The van der Waals surface area contributed by atoms with Gasteiger partial charge in [0.25, 0.3) is 0 Å². The smallest absolute Gasteiger partial charge is 0.306 e. The summed E-state index contributed by atoms with van der Waals surface area (Å²) < 4.78 is 22.7. The van der Waals surface area contributed by atoms with Crippen LogP contribution in [0.3, 0.4) is 0 Å². The van der Waals surface area contributed by atoms with Crippen LogP contribution in [0.4, 0.5) is 5.69 Å². The molecular formula is C15H19NO5S. The van der Waals surface area contributed by atoms with Gasteiger partial charge in [0.15, 0.2) is 9.84 Å². The molecule has 1 aliphatic rings. The molecule has 1 amide bonds. The Morgan fingerprint density at radius 3 is 2.45 bits per heavy atom. The van der Waals surface area contributed by atoms with Gasteiger partial charge in [-0.2, -0.15) is 0 Å². The Labute approximate surface area is 129 Å². The molecule has 1 fully saturated rings. The van der Waals surface area contributed by atoms with Crippen LogP contribution in [-0.2, 0) is 25.8 Å². The Kier molecular flexibility index (Phi) is 4.85. The second kappa shape index (κ2) is 6.48. The zero-order chi connectivity index (χ0) is 16.3. The predicted molar refractivity (Wildman–Crippen MR) is 82.3 cm³/mol. The van der Waals surface area contributed by atoms with E-state index in [1.807, 2.05) is 0 Å². The summed E-state index contributed by atoms with van der Waals surface area (Å²) in [4.78, 5) is 22.8. The van der Waals surface area contributed by atoms with Gasteiger partial charge in [0, 0.05) is 5.69 Å². The van der Waals surface area contributed by atoms with Crippen molar-refractivity contribution in [1.29, 1.82) is 0 Å². The second-order valence-electron chi connectivity index (χ2n) is 5.73. The van der Waals surface area contributed by atoms with Gasteiger partial charge in [-0.3, -0.25) is 9.59 Å². The number of hydrogen-bond donors (Lipinski definition) is 2. The largest absolute Gasteiger partial charge is 0.481 e. The molecule has 2 rings (SSSR count). The molecule has 0 aromatic heterocycles. The summed E-state index contributed by atoms with van der Waals surface area (Å²) >= 11 is 0. The Hall–Kier alpha value is -1.89. The Morgan fingerprint density at radius 1 is 1.32 bits per heavy atom. The van der Waals surface area contributed by atoms with Crippen molar-refractivity contribution < 1.29 is 23.1 Å². The molecular weight excluding hydrogens is 306 g/mol. The molecule has 0 spiro atoms. The number of sulfone groups is 1. The monoisotopic (exact) mass is 325 g/mol.